The number of benzene rings is 3. The Labute approximate surface area is 380 Å². The number of fused-ring (bicyclic) bond motifs is 3. The minimum absolute atomic E-state index is 0.0289. The second-order valence-corrected chi connectivity index (χ2v) is 19.2. The maximum absolute atomic E-state index is 15.4. The standard InChI is InChI=1S/C53H71N3O8/c1-6-31-61-53-47(56(48(59)28-25-36-17-8-9-18-36)35-39-22-16-21-37-19-10-11-23-41(37)39)34-45(55-64-52(3,4)5)43-32-38(20-12-14-29-57)42(24-13-15-30-58)49(50(43)53)44-33-40(26-27-46(44)63-53)62-51(60)54-7-2/h6,10-11,16,19,21-23,26-27,32-33,36,38,42,47,49-50,57-58H,1,7-9,12-15,17-18,20,24-25,28-31,34-35H2,2-5H3,(H,54,60)/t38-,42+,47-,49+,50+,53+/m0/s1. The molecule has 2 amide bonds. The van der Waals surface area contributed by atoms with Crippen LogP contribution in [0.5, 0.6) is 11.5 Å². The number of aliphatic hydroxyl groups excluding tert-OH is 2. The number of hydrogen-bond donors (Lipinski definition) is 3. The maximum atomic E-state index is 15.4. The molecule has 0 radical (unpaired) electrons. The summed E-state index contributed by atoms with van der Waals surface area (Å²) < 4.78 is 20.6. The van der Waals surface area contributed by atoms with Crippen molar-refractivity contribution in [2.24, 2.45) is 28.8 Å². The first-order valence-corrected chi connectivity index (χ1v) is 24.0. The molecule has 0 spiro atoms. The molecule has 3 aliphatic carbocycles. The highest BCUT2D eigenvalue weighted by Crippen LogP contribution is 2.62. The zero-order chi connectivity index (χ0) is 45.3. The van der Waals surface area contributed by atoms with Gasteiger partial charge < -0.3 is 39.5 Å². The van der Waals surface area contributed by atoms with E-state index in [9.17, 15) is 15.0 Å². The van der Waals surface area contributed by atoms with Gasteiger partial charge in [-0.05, 0) is 118 Å². The normalized spacial score (nSPS) is 24.6. The third kappa shape index (κ3) is 10.7. The SMILES string of the molecule is C=CCO[C@@]12Oc3ccc(OC(=O)NCC)cc3[C@H]3[C@H](CCCCO)[C@@H](CCCCO)C=C(C(=NOC(C)(C)C)C[C@@H]1N(Cc1cccc4ccccc14)C(=O)CCC1CCCC1)[C@H]32. The van der Waals surface area contributed by atoms with Crippen molar-refractivity contribution in [2.75, 3.05) is 26.4 Å². The van der Waals surface area contributed by atoms with Crippen molar-refractivity contribution in [1.82, 2.24) is 10.2 Å². The molecular weight excluding hydrogens is 807 g/mol. The Morgan fingerprint density at radius 2 is 1.73 bits per heavy atom. The summed E-state index contributed by atoms with van der Waals surface area (Å²) in [4.78, 5) is 36.6. The van der Waals surface area contributed by atoms with Gasteiger partial charge in [-0.1, -0.05) is 98.3 Å². The van der Waals surface area contributed by atoms with Crippen molar-refractivity contribution in [1.29, 1.82) is 0 Å². The van der Waals surface area contributed by atoms with Crippen LogP contribution < -0.4 is 14.8 Å². The molecule has 6 atom stereocenters. The van der Waals surface area contributed by atoms with E-state index in [2.05, 4.69) is 48.3 Å². The van der Waals surface area contributed by atoms with E-state index in [1.807, 2.05) is 56.9 Å². The number of carbonyl (C=O) groups is 2. The molecule has 0 unspecified atom stereocenters. The maximum Gasteiger partial charge on any atom is 0.412 e. The smallest absolute Gasteiger partial charge is 0.412 e. The van der Waals surface area contributed by atoms with Gasteiger partial charge in [0, 0.05) is 50.6 Å². The van der Waals surface area contributed by atoms with E-state index in [-0.39, 0.29) is 43.5 Å². The first-order chi connectivity index (χ1) is 31.0. The Balaban J connectivity index is 1.47. The molecule has 7 rings (SSSR count). The van der Waals surface area contributed by atoms with Crippen LogP contribution >= 0.6 is 0 Å². The molecule has 64 heavy (non-hydrogen) atoms. The summed E-state index contributed by atoms with van der Waals surface area (Å²) in [5.41, 5.74) is 3.04. The number of unbranched alkanes of at least 4 members (excludes halogenated alkanes) is 2. The highest BCUT2D eigenvalue weighted by Gasteiger charge is 2.65. The number of carbonyl (C=O) groups excluding carboxylic acids is 2. The van der Waals surface area contributed by atoms with Crippen molar-refractivity contribution in [2.45, 2.75) is 141 Å². The van der Waals surface area contributed by atoms with Crippen molar-refractivity contribution in [3.63, 3.8) is 0 Å². The van der Waals surface area contributed by atoms with E-state index in [1.54, 1.807) is 12.1 Å². The number of rotatable bonds is 20. The molecular formula is C53H71N3O8. The molecule has 4 aliphatic rings. The minimum Gasteiger partial charge on any atom is -0.459 e. The van der Waals surface area contributed by atoms with Crippen molar-refractivity contribution >= 4 is 28.5 Å². The Kier molecular flexibility index (Phi) is 15.9. The van der Waals surface area contributed by atoms with E-state index < -0.39 is 29.4 Å². The Morgan fingerprint density at radius 1 is 0.984 bits per heavy atom. The van der Waals surface area contributed by atoms with Gasteiger partial charge in [0.25, 0.3) is 0 Å². The molecule has 2 fully saturated rings. The predicted molar refractivity (Wildman–Crippen MR) is 251 cm³/mol. The van der Waals surface area contributed by atoms with Crippen LogP contribution in [0.1, 0.15) is 128 Å². The molecule has 3 aromatic rings. The second-order valence-electron chi connectivity index (χ2n) is 19.2. The van der Waals surface area contributed by atoms with Gasteiger partial charge in [0.2, 0.25) is 11.7 Å². The Morgan fingerprint density at radius 3 is 2.47 bits per heavy atom. The summed E-state index contributed by atoms with van der Waals surface area (Å²) in [7, 11) is 0. The number of ether oxygens (including phenoxy) is 3. The largest absolute Gasteiger partial charge is 0.459 e. The lowest BCUT2D eigenvalue weighted by Gasteiger charge is -2.60. The quantitative estimate of drug-likeness (QED) is 0.0579. The number of nitrogens with one attached hydrogen (secondary N) is 1. The van der Waals surface area contributed by atoms with Crippen LogP contribution in [0.2, 0.25) is 0 Å². The first-order valence-electron chi connectivity index (χ1n) is 24.0. The van der Waals surface area contributed by atoms with Crippen LogP contribution in [0.4, 0.5) is 4.79 Å². The van der Waals surface area contributed by atoms with Crippen LogP contribution in [0.25, 0.3) is 10.8 Å². The number of aliphatic hydroxyl groups is 2. The minimum atomic E-state index is -1.40. The average molecular weight is 878 g/mol. The van der Waals surface area contributed by atoms with Crippen LogP contribution in [-0.4, -0.2) is 76.6 Å². The summed E-state index contributed by atoms with van der Waals surface area (Å²) in [6, 6.07) is 19.5. The van der Waals surface area contributed by atoms with Gasteiger partial charge in [-0.2, -0.15) is 0 Å². The first kappa shape index (κ1) is 47.3. The third-order valence-corrected chi connectivity index (χ3v) is 13.8. The predicted octanol–water partition coefficient (Wildman–Crippen LogP) is 10.4. The summed E-state index contributed by atoms with van der Waals surface area (Å²) in [5, 5.41) is 29.9. The molecule has 346 valence electrons. The van der Waals surface area contributed by atoms with Gasteiger partial charge in [0.1, 0.15) is 23.1 Å². The second kappa shape index (κ2) is 21.5. The molecule has 3 aromatic carbocycles. The highest BCUT2D eigenvalue weighted by molar-refractivity contribution is 6.03. The summed E-state index contributed by atoms with van der Waals surface area (Å²) in [5.74, 6) is -0.474. The van der Waals surface area contributed by atoms with Gasteiger partial charge in [-0.3, -0.25) is 4.79 Å². The molecule has 0 bridgehead atoms. The monoisotopic (exact) mass is 878 g/mol. The number of amides is 2. The van der Waals surface area contributed by atoms with Gasteiger partial charge in [-0.25, -0.2) is 4.79 Å². The fraction of sp³-hybridized carbons (Fsp3) is 0.566. The molecule has 1 aliphatic heterocycles. The summed E-state index contributed by atoms with van der Waals surface area (Å²) in [6.07, 6.45) is 14.4. The molecule has 0 aromatic heterocycles. The fourth-order valence-electron chi connectivity index (χ4n) is 10.9. The lowest BCUT2D eigenvalue weighted by Crippen LogP contribution is -2.70. The molecule has 11 nitrogen and oxygen atoms in total. The van der Waals surface area contributed by atoms with Gasteiger partial charge in [0.05, 0.1) is 18.2 Å². The van der Waals surface area contributed by atoms with Crippen LogP contribution in [0.15, 0.2) is 90.1 Å². The van der Waals surface area contributed by atoms with Gasteiger partial charge in [-0.15, -0.1) is 6.58 Å². The van der Waals surface area contributed by atoms with Gasteiger partial charge >= 0.3 is 6.09 Å². The molecule has 11 heteroatoms. The lowest BCUT2D eigenvalue weighted by molar-refractivity contribution is -0.258. The van der Waals surface area contributed by atoms with E-state index in [0.29, 0.717) is 56.2 Å². The fourth-order valence-corrected chi connectivity index (χ4v) is 10.9. The van der Waals surface area contributed by atoms with E-state index >= 15 is 4.79 Å². The van der Waals surface area contributed by atoms with Crippen molar-refractivity contribution in [3.05, 3.63) is 96.1 Å². The lowest BCUT2D eigenvalue weighted by atomic mass is 9.55. The highest BCUT2D eigenvalue weighted by atomic mass is 16.7. The van der Waals surface area contributed by atoms with Crippen LogP contribution in [-0.2, 0) is 20.9 Å². The van der Waals surface area contributed by atoms with Crippen LogP contribution in [0.3, 0.4) is 0 Å². The molecule has 0 saturated heterocycles. The van der Waals surface area contributed by atoms with Gasteiger partial charge in [0.15, 0.2) is 0 Å². The number of nitrogens with zero attached hydrogens (tertiary/aromatic N) is 2. The van der Waals surface area contributed by atoms with Crippen molar-refractivity contribution in [3.8, 4) is 11.5 Å². The van der Waals surface area contributed by atoms with Crippen LogP contribution in [0, 0.1) is 23.7 Å². The van der Waals surface area contributed by atoms with E-state index in [1.165, 1.54) is 12.8 Å². The Bertz CT molecular complexity index is 2130. The summed E-state index contributed by atoms with van der Waals surface area (Å²) in [6.45, 7) is 13.0. The summed E-state index contributed by atoms with van der Waals surface area (Å²) >= 11 is 0. The third-order valence-electron chi connectivity index (χ3n) is 13.8. The van der Waals surface area contributed by atoms with E-state index in [4.69, 9.17) is 24.2 Å². The molecule has 1 heterocycles. The zero-order valence-electron chi connectivity index (χ0n) is 38.6. The van der Waals surface area contributed by atoms with Crippen molar-refractivity contribution < 1.29 is 38.9 Å². The number of oxime groups is 1. The topological polar surface area (TPSA) is 139 Å². The van der Waals surface area contributed by atoms with E-state index in [0.717, 1.165) is 78.1 Å². The molecule has 2 saturated carbocycles. The molecule has 3 N–H and O–H groups in total. The Hall–Kier alpha value is -4.71. The average Bonchev–Trinajstić information content (AvgIpc) is 3.81. The number of allylic oxidation sites excluding steroid dienone is 1. The zero-order valence-corrected chi connectivity index (χ0v) is 38.6. The number of hydrogen-bond acceptors (Lipinski definition) is 9.